The van der Waals surface area contributed by atoms with Crippen molar-refractivity contribution in [3.8, 4) is 17.2 Å². The van der Waals surface area contributed by atoms with E-state index in [1.807, 2.05) is 25.1 Å². The van der Waals surface area contributed by atoms with Crippen LogP contribution in [0.5, 0.6) is 11.5 Å². The SMILES string of the molecule is CCCOc1ccnc2[nH]c(=O)n(-c3ccc4nccc(OC)c4c3)c12. The summed E-state index contributed by atoms with van der Waals surface area (Å²) in [6.07, 6.45) is 4.19. The minimum atomic E-state index is -0.276. The maximum atomic E-state index is 12.6. The van der Waals surface area contributed by atoms with Crippen LogP contribution in [0.3, 0.4) is 0 Å². The number of H-pyrrole nitrogens is 1. The number of methoxy groups -OCH3 is 1. The third kappa shape index (κ3) is 2.57. The van der Waals surface area contributed by atoms with Crippen molar-refractivity contribution in [2.75, 3.05) is 13.7 Å². The van der Waals surface area contributed by atoms with E-state index in [2.05, 4.69) is 15.0 Å². The zero-order valence-corrected chi connectivity index (χ0v) is 14.5. The van der Waals surface area contributed by atoms with Crippen LogP contribution < -0.4 is 15.2 Å². The second-order valence-electron chi connectivity index (χ2n) is 5.83. The van der Waals surface area contributed by atoms with E-state index in [4.69, 9.17) is 9.47 Å². The van der Waals surface area contributed by atoms with Gasteiger partial charge in [-0.2, -0.15) is 0 Å². The Balaban J connectivity index is 1.98. The Kier molecular flexibility index (Phi) is 4.04. The maximum Gasteiger partial charge on any atom is 0.332 e. The molecular weight excluding hydrogens is 332 g/mol. The summed E-state index contributed by atoms with van der Waals surface area (Å²) >= 11 is 0. The van der Waals surface area contributed by atoms with Crippen LogP contribution in [0, 0.1) is 0 Å². The molecule has 132 valence electrons. The van der Waals surface area contributed by atoms with E-state index < -0.39 is 0 Å². The highest BCUT2D eigenvalue weighted by molar-refractivity contribution is 5.88. The van der Waals surface area contributed by atoms with Crippen molar-refractivity contribution in [3.05, 3.63) is 53.2 Å². The molecule has 26 heavy (non-hydrogen) atoms. The van der Waals surface area contributed by atoms with Crippen molar-refractivity contribution < 1.29 is 9.47 Å². The number of ether oxygens (including phenoxy) is 2. The van der Waals surface area contributed by atoms with Gasteiger partial charge in [0.25, 0.3) is 0 Å². The van der Waals surface area contributed by atoms with Gasteiger partial charge in [-0.15, -0.1) is 0 Å². The van der Waals surface area contributed by atoms with Crippen molar-refractivity contribution in [2.24, 2.45) is 0 Å². The van der Waals surface area contributed by atoms with Gasteiger partial charge in [0.15, 0.2) is 5.65 Å². The summed E-state index contributed by atoms with van der Waals surface area (Å²) in [4.78, 5) is 24.0. The molecule has 0 bridgehead atoms. The molecule has 0 fully saturated rings. The number of hydrogen-bond acceptors (Lipinski definition) is 5. The first kappa shape index (κ1) is 16.1. The molecule has 0 amide bonds. The number of aromatic nitrogens is 4. The van der Waals surface area contributed by atoms with Crippen molar-refractivity contribution in [1.29, 1.82) is 0 Å². The third-order valence-corrected chi connectivity index (χ3v) is 4.16. The van der Waals surface area contributed by atoms with Crippen LogP contribution in [0.15, 0.2) is 47.5 Å². The molecule has 4 rings (SSSR count). The first-order chi connectivity index (χ1) is 12.7. The predicted molar refractivity (Wildman–Crippen MR) is 99.3 cm³/mol. The number of nitrogens with zero attached hydrogens (tertiary/aromatic N) is 3. The molecule has 3 heterocycles. The molecule has 0 aliphatic heterocycles. The number of imidazole rings is 1. The van der Waals surface area contributed by atoms with Gasteiger partial charge in [-0.3, -0.25) is 14.5 Å². The summed E-state index contributed by atoms with van der Waals surface area (Å²) in [5.74, 6) is 1.32. The molecule has 7 nitrogen and oxygen atoms in total. The summed E-state index contributed by atoms with van der Waals surface area (Å²) in [6.45, 7) is 2.60. The Morgan fingerprint density at radius 1 is 1.12 bits per heavy atom. The second-order valence-corrected chi connectivity index (χ2v) is 5.83. The normalized spacial score (nSPS) is 11.2. The smallest absolute Gasteiger partial charge is 0.332 e. The molecule has 1 aromatic carbocycles. The molecule has 7 heteroatoms. The van der Waals surface area contributed by atoms with Gasteiger partial charge in [0.05, 0.1) is 24.9 Å². The van der Waals surface area contributed by atoms with E-state index in [0.717, 1.165) is 17.3 Å². The van der Waals surface area contributed by atoms with Gasteiger partial charge in [0.2, 0.25) is 0 Å². The van der Waals surface area contributed by atoms with Crippen LogP contribution >= 0.6 is 0 Å². The van der Waals surface area contributed by atoms with Crippen LogP contribution in [-0.2, 0) is 0 Å². The highest BCUT2D eigenvalue weighted by Gasteiger charge is 2.16. The lowest BCUT2D eigenvalue weighted by Gasteiger charge is -2.10. The monoisotopic (exact) mass is 350 g/mol. The molecule has 4 aromatic rings. The number of aromatic amines is 1. The minimum Gasteiger partial charge on any atom is -0.496 e. The number of hydrogen-bond donors (Lipinski definition) is 1. The summed E-state index contributed by atoms with van der Waals surface area (Å²) in [7, 11) is 1.61. The van der Waals surface area contributed by atoms with Gasteiger partial charge >= 0.3 is 5.69 Å². The predicted octanol–water partition coefficient (Wildman–Crippen LogP) is 3.06. The Morgan fingerprint density at radius 2 is 1.92 bits per heavy atom. The third-order valence-electron chi connectivity index (χ3n) is 4.16. The highest BCUT2D eigenvalue weighted by atomic mass is 16.5. The Bertz CT molecular complexity index is 1150. The van der Waals surface area contributed by atoms with Crippen molar-refractivity contribution in [3.63, 3.8) is 0 Å². The van der Waals surface area contributed by atoms with E-state index in [0.29, 0.717) is 35.0 Å². The number of fused-ring (bicyclic) bond motifs is 2. The fourth-order valence-corrected chi connectivity index (χ4v) is 3.00. The minimum absolute atomic E-state index is 0.276. The lowest BCUT2D eigenvalue weighted by atomic mass is 10.2. The molecule has 0 atom stereocenters. The standard InChI is InChI=1S/C19H18N4O3/c1-3-10-26-16-7-9-21-18-17(16)23(19(24)22-18)12-4-5-14-13(11-12)15(25-2)6-8-20-14/h4-9,11H,3,10H2,1-2H3,(H,21,22,24). The molecule has 0 saturated carbocycles. The van der Waals surface area contributed by atoms with E-state index in [-0.39, 0.29) is 5.69 Å². The first-order valence-corrected chi connectivity index (χ1v) is 8.38. The zero-order chi connectivity index (χ0) is 18.1. The fourth-order valence-electron chi connectivity index (χ4n) is 3.00. The van der Waals surface area contributed by atoms with Gasteiger partial charge < -0.3 is 9.47 Å². The highest BCUT2D eigenvalue weighted by Crippen LogP contribution is 2.29. The number of nitrogens with one attached hydrogen (secondary N) is 1. The van der Waals surface area contributed by atoms with Crippen LogP contribution in [-0.4, -0.2) is 33.2 Å². The maximum absolute atomic E-state index is 12.6. The molecule has 0 radical (unpaired) electrons. The van der Waals surface area contributed by atoms with Crippen LogP contribution in [0.1, 0.15) is 13.3 Å². The zero-order valence-electron chi connectivity index (χ0n) is 14.5. The van der Waals surface area contributed by atoms with E-state index >= 15 is 0 Å². The lowest BCUT2D eigenvalue weighted by molar-refractivity contribution is 0.320. The summed E-state index contributed by atoms with van der Waals surface area (Å²) in [6, 6.07) is 9.15. The molecule has 0 aliphatic carbocycles. The molecule has 1 N–H and O–H groups in total. The van der Waals surface area contributed by atoms with Crippen LogP contribution in [0.4, 0.5) is 0 Å². The van der Waals surface area contributed by atoms with E-state index in [9.17, 15) is 4.79 Å². The Labute approximate surface area is 149 Å². The molecule has 3 aromatic heterocycles. The van der Waals surface area contributed by atoms with E-state index in [1.165, 1.54) is 0 Å². The number of rotatable bonds is 5. The molecule has 0 unspecified atom stereocenters. The van der Waals surface area contributed by atoms with Gasteiger partial charge in [-0.25, -0.2) is 9.78 Å². The van der Waals surface area contributed by atoms with Gasteiger partial charge in [-0.05, 0) is 30.7 Å². The fraction of sp³-hybridized carbons (Fsp3) is 0.211. The van der Waals surface area contributed by atoms with Crippen LogP contribution in [0.25, 0.3) is 27.8 Å². The Hall–Kier alpha value is -3.35. The summed E-state index contributed by atoms with van der Waals surface area (Å²) in [5, 5.41) is 0.827. The van der Waals surface area contributed by atoms with Crippen molar-refractivity contribution in [1.82, 2.24) is 19.5 Å². The molecular formula is C19H18N4O3. The van der Waals surface area contributed by atoms with Crippen LogP contribution in [0.2, 0.25) is 0 Å². The second kappa shape index (κ2) is 6.51. The average Bonchev–Trinajstić information content (AvgIpc) is 3.01. The first-order valence-electron chi connectivity index (χ1n) is 8.38. The average molecular weight is 350 g/mol. The van der Waals surface area contributed by atoms with Gasteiger partial charge in [0.1, 0.15) is 17.0 Å². The summed E-state index contributed by atoms with van der Waals surface area (Å²) < 4.78 is 12.8. The molecule has 0 saturated heterocycles. The molecule has 0 spiro atoms. The van der Waals surface area contributed by atoms with Gasteiger partial charge in [0, 0.05) is 23.8 Å². The van der Waals surface area contributed by atoms with Gasteiger partial charge in [-0.1, -0.05) is 6.92 Å². The lowest BCUT2D eigenvalue weighted by Crippen LogP contribution is -2.15. The van der Waals surface area contributed by atoms with Crippen molar-refractivity contribution >= 4 is 22.1 Å². The quantitative estimate of drug-likeness (QED) is 0.598. The largest absolute Gasteiger partial charge is 0.496 e. The van der Waals surface area contributed by atoms with Crippen molar-refractivity contribution in [2.45, 2.75) is 13.3 Å². The van der Waals surface area contributed by atoms with E-state index in [1.54, 1.807) is 36.2 Å². The number of pyridine rings is 2. The topological polar surface area (TPSA) is 82.0 Å². The Morgan fingerprint density at radius 3 is 2.73 bits per heavy atom. The molecule has 0 aliphatic rings. The summed E-state index contributed by atoms with van der Waals surface area (Å²) in [5.41, 5.74) is 2.31. The number of benzene rings is 1.